The van der Waals surface area contributed by atoms with Crippen LogP contribution in [0.1, 0.15) is 39.5 Å². The fourth-order valence-electron chi connectivity index (χ4n) is 6.14. The summed E-state index contributed by atoms with van der Waals surface area (Å²) in [7, 11) is -3.46. The molecule has 202 valence electrons. The summed E-state index contributed by atoms with van der Waals surface area (Å²) in [6.45, 7) is 5.93. The highest BCUT2D eigenvalue weighted by Gasteiger charge is 2.43. The third-order valence-electron chi connectivity index (χ3n) is 8.05. The minimum Gasteiger partial charge on any atom is -0.373 e. The zero-order valence-electron chi connectivity index (χ0n) is 22.3. The fourth-order valence-corrected chi connectivity index (χ4v) is 7.82. The molecule has 1 saturated heterocycles. The predicted molar refractivity (Wildman–Crippen MR) is 154 cm³/mol. The molecule has 0 aromatic heterocycles. The van der Waals surface area contributed by atoms with E-state index in [1.807, 2.05) is 35.2 Å². The van der Waals surface area contributed by atoms with E-state index < -0.39 is 9.84 Å². The Morgan fingerprint density at radius 2 is 1.66 bits per heavy atom. The highest BCUT2D eigenvalue weighted by atomic mass is 32.2. The van der Waals surface area contributed by atoms with Gasteiger partial charge in [0.2, 0.25) is 5.91 Å². The maximum absolute atomic E-state index is 13.7. The molecule has 7 heteroatoms. The SMILES string of the molecule is CC(C)CN[C@@H]1CC[C@H](N2CCC(Nc3cccc4ccccc34)C2=O)[C@H](CS(=O)(=O)c2ccccc2)C1. The molecule has 0 bridgehead atoms. The first-order valence-electron chi connectivity index (χ1n) is 13.9. The lowest BCUT2D eigenvalue weighted by molar-refractivity contribution is -0.132. The van der Waals surface area contributed by atoms with Gasteiger partial charge in [0.05, 0.1) is 10.6 Å². The molecule has 2 fully saturated rings. The molecule has 2 N–H and O–H groups in total. The Morgan fingerprint density at radius 3 is 2.45 bits per heavy atom. The van der Waals surface area contributed by atoms with E-state index in [2.05, 4.69) is 42.7 Å². The highest BCUT2D eigenvalue weighted by molar-refractivity contribution is 7.91. The summed E-state index contributed by atoms with van der Waals surface area (Å²) in [6, 6.07) is 22.9. The van der Waals surface area contributed by atoms with Crippen LogP contribution in [0.3, 0.4) is 0 Å². The quantitative estimate of drug-likeness (QED) is 0.400. The van der Waals surface area contributed by atoms with Crippen molar-refractivity contribution in [1.29, 1.82) is 0 Å². The van der Waals surface area contributed by atoms with E-state index in [4.69, 9.17) is 0 Å². The molecule has 2 aliphatic rings. The van der Waals surface area contributed by atoms with Crippen LogP contribution >= 0.6 is 0 Å². The molecular weight excluding hydrogens is 494 g/mol. The number of anilines is 1. The number of rotatable bonds is 9. The average Bonchev–Trinajstić information content (AvgIpc) is 3.27. The van der Waals surface area contributed by atoms with Gasteiger partial charge in [0, 0.05) is 29.7 Å². The molecule has 1 aliphatic carbocycles. The van der Waals surface area contributed by atoms with Gasteiger partial charge in [0.25, 0.3) is 0 Å². The summed E-state index contributed by atoms with van der Waals surface area (Å²) < 4.78 is 26.8. The van der Waals surface area contributed by atoms with Crippen molar-refractivity contribution in [3.8, 4) is 0 Å². The third kappa shape index (κ3) is 5.89. The summed E-state index contributed by atoms with van der Waals surface area (Å²) >= 11 is 0. The van der Waals surface area contributed by atoms with Crippen molar-refractivity contribution in [2.45, 2.75) is 62.6 Å². The zero-order chi connectivity index (χ0) is 26.7. The van der Waals surface area contributed by atoms with Gasteiger partial charge in [-0.25, -0.2) is 8.42 Å². The molecule has 1 aliphatic heterocycles. The first-order valence-corrected chi connectivity index (χ1v) is 15.5. The molecule has 3 aromatic carbocycles. The number of nitrogens with one attached hydrogen (secondary N) is 2. The normalized spacial score (nSPS) is 24.3. The van der Waals surface area contributed by atoms with Crippen molar-refractivity contribution in [2.24, 2.45) is 11.8 Å². The molecule has 1 unspecified atom stereocenters. The number of carbonyl (C=O) groups excluding carboxylic acids is 1. The second-order valence-electron chi connectivity index (χ2n) is 11.3. The Kier molecular flexibility index (Phi) is 8.05. The molecule has 4 atom stereocenters. The van der Waals surface area contributed by atoms with Crippen molar-refractivity contribution < 1.29 is 13.2 Å². The molecule has 0 spiro atoms. The standard InChI is InChI=1S/C31H39N3O3S/c1-22(2)20-32-25-15-16-30(24(19-25)21-38(36,37)26-11-4-3-5-12-26)34-18-17-29(31(34)35)33-28-14-8-10-23-9-6-7-13-27(23)28/h3-14,22,24-25,29-30,32-33H,15-21H2,1-2H3/t24-,25+,29?,30-/m0/s1. The number of nitrogens with zero attached hydrogens (tertiary/aromatic N) is 1. The summed E-state index contributed by atoms with van der Waals surface area (Å²) in [5.74, 6) is 0.560. The van der Waals surface area contributed by atoms with E-state index in [1.54, 1.807) is 24.3 Å². The van der Waals surface area contributed by atoms with E-state index in [-0.39, 0.29) is 35.7 Å². The van der Waals surface area contributed by atoms with Gasteiger partial charge < -0.3 is 15.5 Å². The average molecular weight is 534 g/mol. The lowest BCUT2D eigenvalue weighted by Gasteiger charge is -2.41. The van der Waals surface area contributed by atoms with Crippen LogP contribution in [0, 0.1) is 11.8 Å². The van der Waals surface area contributed by atoms with Crippen LogP contribution in [0.4, 0.5) is 5.69 Å². The first kappa shape index (κ1) is 26.7. The van der Waals surface area contributed by atoms with Crippen LogP contribution in [-0.4, -0.2) is 56.2 Å². The lowest BCUT2D eigenvalue weighted by Crippen LogP contribution is -2.51. The van der Waals surface area contributed by atoms with E-state index in [0.29, 0.717) is 23.8 Å². The first-order chi connectivity index (χ1) is 18.3. The number of benzene rings is 3. The van der Waals surface area contributed by atoms with Gasteiger partial charge in [-0.15, -0.1) is 0 Å². The number of likely N-dealkylation sites (tertiary alicyclic amines) is 1. The number of hydrogen-bond acceptors (Lipinski definition) is 5. The van der Waals surface area contributed by atoms with Crippen molar-refractivity contribution in [1.82, 2.24) is 10.2 Å². The van der Waals surface area contributed by atoms with E-state index in [0.717, 1.165) is 42.3 Å². The Morgan fingerprint density at radius 1 is 0.921 bits per heavy atom. The summed E-state index contributed by atoms with van der Waals surface area (Å²) in [5, 5.41) is 9.40. The molecular formula is C31H39N3O3S. The maximum Gasteiger partial charge on any atom is 0.245 e. The van der Waals surface area contributed by atoms with Crippen LogP contribution in [0.15, 0.2) is 77.7 Å². The van der Waals surface area contributed by atoms with Gasteiger partial charge in [0.1, 0.15) is 6.04 Å². The molecule has 1 saturated carbocycles. The Bertz CT molecular complexity index is 1350. The molecule has 1 amide bonds. The summed E-state index contributed by atoms with van der Waals surface area (Å²) in [6.07, 6.45) is 3.24. The van der Waals surface area contributed by atoms with Gasteiger partial charge in [-0.1, -0.05) is 68.4 Å². The molecule has 3 aromatic rings. The van der Waals surface area contributed by atoms with Gasteiger partial charge in [-0.3, -0.25) is 4.79 Å². The van der Waals surface area contributed by atoms with Gasteiger partial charge in [-0.2, -0.15) is 0 Å². The van der Waals surface area contributed by atoms with Crippen molar-refractivity contribution in [2.75, 3.05) is 24.2 Å². The van der Waals surface area contributed by atoms with Gasteiger partial charge in [0.15, 0.2) is 9.84 Å². The maximum atomic E-state index is 13.7. The van der Waals surface area contributed by atoms with Gasteiger partial charge >= 0.3 is 0 Å². The van der Waals surface area contributed by atoms with E-state index >= 15 is 0 Å². The summed E-state index contributed by atoms with van der Waals surface area (Å²) in [4.78, 5) is 16.1. The lowest BCUT2D eigenvalue weighted by atomic mass is 9.81. The second kappa shape index (κ2) is 11.5. The molecule has 6 nitrogen and oxygen atoms in total. The predicted octanol–water partition coefficient (Wildman–Crippen LogP) is 5.11. The Balaban J connectivity index is 1.34. The number of fused-ring (bicyclic) bond motifs is 1. The van der Waals surface area contributed by atoms with Gasteiger partial charge in [-0.05, 0) is 67.6 Å². The fraction of sp³-hybridized carbons (Fsp3) is 0.452. The zero-order valence-corrected chi connectivity index (χ0v) is 23.2. The van der Waals surface area contributed by atoms with Crippen LogP contribution in [0.25, 0.3) is 10.8 Å². The molecule has 38 heavy (non-hydrogen) atoms. The van der Waals surface area contributed by atoms with Crippen molar-refractivity contribution in [3.63, 3.8) is 0 Å². The van der Waals surface area contributed by atoms with E-state index in [9.17, 15) is 13.2 Å². The summed E-state index contributed by atoms with van der Waals surface area (Å²) in [5.41, 5.74) is 0.966. The molecule has 1 heterocycles. The minimum atomic E-state index is -3.46. The highest BCUT2D eigenvalue weighted by Crippen LogP contribution is 2.35. The van der Waals surface area contributed by atoms with Crippen molar-refractivity contribution in [3.05, 3.63) is 72.8 Å². The largest absolute Gasteiger partial charge is 0.373 e. The number of amides is 1. The van der Waals surface area contributed by atoms with Crippen LogP contribution < -0.4 is 10.6 Å². The Hall–Kier alpha value is -2.90. The minimum absolute atomic E-state index is 0.0622. The van der Waals surface area contributed by atoms with E-state index in [1.165, 1.54) is 0 Å². The number of carbonyl (C=O) groups is 1. The topological polar surface area (TPSA) is 78.5 Å². The monoisotopic (exact) mass is 533 g/mol. The third-order valence-corrected chi connectivity index (χ3v) is 9.91. The molecule has 0 radical (unpaired) electrons. The smallest absolute Gasteiger partial charge is 0.245 e. The number of hydrogen-bond donors (Lipinski definition) is 2. The van der Waals surface area contributed by atoms with Crippen LogP contribution in [0.5, 0.6) is 0 Å². The molecule has 5 rings (SSSR count). The second-order valence-corrected chi connectivity index (χ2v) is 13.3. The van der Waals surface area contributed by atoms with Crippen molar-refractivity contribution >= 4 is 32.2 Å². The number of sulfone groups is 1. The van der Waals surface area contributed by atoms with Crippen LogP contribution in [0.2, 0.25) is 0 Å². The van der Waals surface area contributed by atoms with Crippen LogP contribution in [-0.2, 0) is 14.6 Å². The Labute approximate surface area is 226 Å².